The van der Waals surface area contributed by atoms with Crippen LogP contribution < -0.4 is 5.32 Å². The van der Waals surface area contributed by atoms with Crippen LogP contribution in [0.25, 0.3) is 0 Å². The van der Waals surface area contributed by atoms with E-state index in [9.17, 15) is 9.59 Å². The largest absolute Gasteiger partial charge is 0.350 e. The van der Waals surface area contributed by atoms with E-state index in [0.717, 1.165) is 25.8 Å². The average molecular weight is 307 g/mol. The molecular weight excluding hydrogens is 278 g/mol. The second kappa shape index (κ2) is 5.22. The molecule has 3 fully saturated rings. The maximum atomic E-state index is 12.8. The van der Waals surface area contributed by atoms with Crippen LogP contribution in [0.5, 0.6) is 0 Å². The molecule has 1 N–H and O–H groups in total. The van der Waals surface area contributed by atoms with Crippen molar-refractivity contribution in [2.24, 2.45) is 5.92 Å². The van der Waals surface area contributed by atoms with E-state index in [1.807, 2.05) is 25.7 Å². The summed E-state index contributed by atoms with van der Waals surface area (Å²) in [5, 5.41) is 3.13. The van der Waals surface area contributed by atoms with Crippen molar-refractivity contribution >= 4 is 11.8 Å². The number of nitrogens with zero attached hydrogens (tertiary/aromatic N) is 2. The Morgan fingerprint density at radius 1 is 1.36 bits per heavy atom. The molecule has 0 aromatic heterocycles. The van der Waals surface area contributed by atoms with Crippen molar-refractivity contribution in [1.82, 2.24) is 15.1 Å². The van der Waals surface area contributed by atoms with Gasteiger partial charge in [0.05, 0.1) is 18.1 Å². The van der Waals surface area contributed by atoms with Crippen molar-refractivity contribution in [1.29, 1.82) is 0 Å². The molecule has 0 saturated carbocycles. The van der Waals surface area contributed by atoms with Crippen LogP contribution in [-0.2, 0) is 9.59 Å². The SMILES string of the molecule is CC(C)C[C@@H]1C2[C@H](C(=O)NC(C)(C)C)N3CCC[C@H]3C(=O)N21. The fourth-order valence-electron chi connectivity index (χ4n) is 4.21. The number of rotatable bonds is 3. The quantitative estimate of drug-likeness (QED) is 0.801. The first-order valence-corrected chi connectivity index (χ1v) is 8.60. The van der Waals surface area contributed by atoms with Gasteiger partial charge in [0.2, 0.25) is 11.8 Å². The predicted molar refractivity (Wildman–Crippen MR) is 85.3 cm³/mol. The standard InChI is InChI=1S/C17H29N3O2/c1-10(2)9-12-13-14(15(21)18-17(3,4)5)19-8-6-7-11(19)16(22)20(12)13/h10-14H,6-9H2,1-5H3,(H,18,21)/t11-,12+,13?,14+,20?/m0/s1. The molecule has 0 aromatic carbocycles. The second-order valence-electron chi connectivity index (χ2n) is 8.51. The Hall–Kier alpha value is -1.10. The Balaban J connectivity index is 1.83. The third-order valence-corrected chi connectivity index (χ3v) is 4.98. The van der Waals surface area contributed by atoms with Gasteiger partial charge in [-0.15, -0.1) is 0 Å². The zero-order valence-corrected chi connectivity index (χ0v) is 14.4. The van der Waals surface area contributed by atoms with Crippen LogP contribution in [0.4, 0.5) is 0 Å². The van der Waals surface area contributed by atoms with E-state index in [1.54, 1.807) is 0 Å². The minimum Gasteiger partial charge on any atom is -0.350 e. The zero-order valence-electron chi connectivity index (χ0n) is 14.4. The van der Waals surface area contributed by atoms with E-state index in [2.05, 4.69) is 24.1 Å². The molecule has 3 saturated heterocycles. The minimum atomic E-state index is -0.235. The molecule has 5 heteroatoms. The van der Waals surface area contributed by atoms with Crippen LogP contribution in [0.3, 0.4) is 0 Å². The fourth-order valence-corrected chi connectivity index (χ4v) is 4.21. The van der Waals surface area contributed by atoms with Gasteiger partial charge in [0.1, 0.15) is 6.04 Å². The molecule has 0 aromatic rings. The lowest BCUT2D eigenvalue weighted by molar-refractivity contribution is -0.140. The number of fused-ring (bicyclic) bond motifs is 2. The topological polar surface area (TPSA) is 52.4 Å². The average Bonchev–Trinajstić information content (AvgIpc) is 2.82. The summed E-state index contributed by atoms with van der Waals surface area (Å²) >= 11 is 0. The number of hydrogen-bond acceptors (Lipinski definition) is 3. The highest BCUT2D eigenvalue weighted by Gasteiger charge is 2.65. The van der Waals surface area contributed by atoms with E-state index < -0.39 is 0 Å². The van der Waals surface area contributed by atoms with Crippen LogP contribution in [0, 0.1) is 5.92 Å². The Morgan fingerprint density at radius 3 is 2.64 bits per heavy atom. The van der Waals surface area contributed by atoms with Crippen molar-refractivity contribution in [2.75, 3.05) is 6.54 Å². The summed E-state index contributed by atoms with van der Waals surface area (Å²) in [6.07, 6.45) is 2.91. The normalized spacial score (nSPS) is 34.6. The number of nitrogens with one attached hydrogen (secondary N) is 1. The molecule has 124 valence electrons. The highest BCUT2D eigenvalue weighted by atomic mass is 16.2. The van der Waals surface area contributed by atoms with Crippen LogP contribution in [0.15, 0.2) is 0 Å². The Kier molecular flexibility index (Phi) is 3.75. The second-order valence-corrected chi connectivity index (χ2v) is 8.51. The summed E-state index contributed by atoms with van der Waals surface area (Å²) in [6, 6.07) is 0.123. The summed E-state index contributed by atoms with van der Waals surface area (Å²) in [4.78, 5) is 29.7. The van der Waals surface area contributed by atoms with Gasteiger partial charge in [-0.25, -0.2) is 0 Å². The molecule has 3 aliphatic heterocycles. The monoisotopic (exact) mass is 307 g/mol. The molecule has 22 heavy (non-hydrogen) atoms. The smallest absolute Gasteiger partial charge is 0.240 e. The van der Waals surface area contributed by atoms with Crippen molar-refractivity contribution < 1.29 is 9.59 Å². The molecule has 3 aliphatic rings. The molecule has 4 atom stereocenters. The van der Waals surface area contributed by atoms with Gasteiger partial charge >= 0.3 is 0 Å². The fraction of sp³-hybridized carbons (Fsp3) is 0.882. The number of carbonyl (C=O) groups excluding carboxylic acids is 2. The maximum Gasteiger partial charge on any atom is 0.240 e. The highest BCUT2D eigenvalue weighted by molar-refractivity contribution is 5.93. The molecule has 0 spiro atoms. The van der Waals surface area contributed by atoms with E-state index >= 15 is 0 Å². The molecule has 1 unspecified atom stereocenters. The van der Waals surface area contributed by atoms with Gasteiger partial charge < -0.3 is 10.2 Å². The molecule has 0 aliphatic carbocycles. The van der Waals surface area contributed by atoms with Crippen molar-refractivity contribution in [3.63, 3.8) is 0 Å². The summed E-state index contributed by atoms with van der Waals surface area (Å²) < 4.78 is 0. The lowest BCUT2D eigenvalue weighted by Gasteiger charge is -2.37. The van der Waals surface area contributed by atoms with Crippen LogP contribution >= 0.6 is 0 Å². The Bertz CT molecular complexity index is 483. The number of carbonyl (C=O) groups is 2. The predicted octanol–water partition coefficient (Wildman–Crippen LogP) is 1.37. The van der Waals surface area contributed by atoms with E-state index in [-0.39, 0.29) is 41.5 Å². The number of amides is 2. The molecule has 3 heterocycles. The van der Waals surface area contributed by atoms with Gasteiger partial charge in [-0.05, 0) is 52.5 Å². The van der Waals surface area contributed by atoms with Crippen molar-refractivity contribution in [3.05, 3.63) is 0 Å². The first-order chi connectivity index (χ1) is 10.2. The van der Waals surface area contributed by atoms with Gasteiger partial charge in [0, 0.05) is 5.54 Å². The van der Waals surface area contributed by atoms with Crippen LogP contribution in [0.2, 0.25) is 0 Å². The van der Waals surface area contributed by atoms with Crippen LogP contribution in [0.1, 0.15) is 53.9 Å². The van der Waals surface area contributed by atoms with E-state index in [4.69, 9.17) is 0 Å². The molecule has 0 radical (unpaired) electrons. The molecular formula is C17H29N3O2. The van der Waals surface area contributed by atoms with E-state index in [1.165, 1.54) is 0 Å². The van der Waals surface area contributed by atoms with Gasteiger partial charge in [-0.2, -0.15) is 0 Å². The maximum absolute atomic E-state index is 12.8. The van der Waals surface area contributed by atoms with Gasteiger partial charge in [0.15, 0.2) is 0 Å². The third-order valence-electron chi connectivity index (χ3n) is 4.98. The summed E-state index contributed by atoms with van der Waals surface area (Å²) in [5.41, 5.74) is -0.235. The summed E-state index contributed by atoms with van der Waals surface area (Å²) in [7, 11) is 0. The first-order valence-electron chi connectivity index (χ1n) is 8.60. The zero-order chi connectivity index (χ0) is 16.2. The molecule has 2 amide bonds. The Morgan fingerprint density at radius 2 is 2.05 bits per heavy atom. The third kappa shape index (κ3) is 2.64. The van der Waals surface area contributed by atoms with Gasteiger partial charge in [-0.1, -0.05) is 13.8 Å². The van der Waals surface area contributed by atoms with Crippen LogP contribution in [-0.4, -0.2) is 57.9 Å². The lowest BCUT2D eigenvalue weighted by atomic mass is 9.99. The van der Waals surface area contributed by atoms with E-state index in [0.29, 0.717) is 5.92 Å². The first kappa shape index (κ1) is 15.8. The molecule has 0 bridgehead atoms. The van der Waals surface area contributed by atoms with Gasteiger partial charge in [0.25, 0.3) is 0 Å². The number of hydrogen-bond donors (Lipinski definition) is 1. The van der Waals surface area contributed by atoms with Gasteiger partial charge in [-0.3, -0.25) is 14.5 Å². The highest BCUT2D eigenvalue weighted by Crippen LogP contribution is 2.45. The summed E-state index contributed by atoms with van der Waals surface area (Å²) in [5.74, 6) is 0.894. The summed E-state index contributed by atoms with van der Waals surface area (Å²) in [6.45, 7) is 11.3. The van der Waals surface area contributed by atoms with Crippen molar-refractivity contribution in [2.45, 2.75) is 83.6 Å². The number of piperazine rings is 1. The Labute approximate surface area is 133 Å². The van der Waals surface area contributed by atoms with Crippen molar-refractivity contribution in [3.8, 4) is 0 Å². The lowest BCUT2D eigenvalue weighted by Crippen LogP contribution is -2.61. The molecule has 3 rings (SSSR count). The molecule has 5 nitrogen and oxygen atoms in total. The minimum absolute atomic E-state index is 0.0656.